The Kier molecular flexibility index (Phi) is 7.36. The Morgan fingerprint density at radius 2 is 1.80 bits per heavy atom. The van der Waals surface area contributed by atoms with Crippen molar-refractivity contribution in [3.8, 4) is 11.3 Å². The van der Waals surface area contributed by atoms with E-state index in [9.17, 15) is 28.4 Å². The molecule has 0 spiro atoms. The van der Waals surface area contributed by atoms with E-state index in [1.165, 1.54) is 12.1 Å². The van der Waals surface area contributed by atoms with Crippen molar-refractivity contribution >= 4 is 46.1 Å². The van der Waals surface area contributed by atoms with Crippen molar-refractivity contribution in [1.29, 1.82) is 0 Å². The van der Waals surface area contributed by atoms with E-state index < -0.39 is 57.2 Å². The van der Waals surface area contributed by atoms with Gasteiger partial charge < -0.3 is 0 Å². The zero-order chi connectivity index (χ0) is 31.4. The first-order valence-corrected chi connectivity index (χ1v) is 16.4. The molecule has 1 aromatic heterocycles. The van der Waals surface area contributed by atoms with Crippen LogP contribution in [0.4, 0.5) is 10.1 Å². The Hall–Kier alpha value is -4.63. The van der Waals surface area contributed by atoms with Crippen molar-refractivity contribution in [1.82, 2.24) is 23.6 Å². The molecule has 1 unspecified atom stereocenters. The Bertz CT molecular complexity index is 1940. The van der Waals surface area contributed by atoms with Crippen LogP contribution in [0, 0.1) is 5.82 Å². The molecule has 11 nitrogen and oxygen atoms in total. The summed E-state index contributed by atoms with van der Waals surface area (Å²) < 4.78 is 19.7. The van der Waals surface area contributed by atoms with Gasteiger partial charge in [0.1, 0.15) is 0 Å². The summed E-state index contributed by atoms with van der Waals surface area (Å²) in [5, 5.41) is 5.82. The number of amides is 5. The Balaban J connectivity index is 1.05. The number of carbonyl (C=O) groups excluding carboxylic acids is 5. The van der Waals surface area contributed by atoms with Crippen molar-refractivity contribution < 1.29 is 50.1 Å². The summed E-state index contributed by atoms with van der Waals surface area (Å²) in [6.45, 7) is 1.09. The number of hydrogen-bond donors (Lipinski definition) is 4. The number of H-pyrrole nitrogens is 1. The molecule has 1 saturated heterocycles. The van der Waals surface area contributed by atoms with Crippen molar-refractivity contribution in [3.05, 3.63) is 88.2 Å². The third-order valence-electron chi connectivity index (χ3n) is 8.27. The Morgan fingerprint density at radius 3 is 2.58 bits per heavy atom. The fourth-order valence-corrected chi connectivity index (χ4v) is 7.89. The van der Waals surface area contributed by atoms with Crippen molar-refractivity contribution in [3.63, 3.8) is 0 Å². The Morgan fingerprint density at radius 1 is 1.00 bits per heavy atom. The van der Waals surface area contributed by atoms with Gasteiger partial charge >= 0.3 is 268 Å². The minimum absolute atomic E-state index is 0.0640. The summed E-state index contributed by atoms with van der Waals surface area (Å²) in [6, 6.07) is 14.8. The van der Waals surface area contributed by atoms with Gasteiger partial charge in [-0.25, -0.2) is 0 Å². The first kappa shape index (κ1) is 29.1. The molecule has 4 N–H and O–H groups in total. The number of aromatic nitrogens is 1. The van der Waals surface area contributed by atoms with Crippen LogP contribution in [0.15, 0.2) is 54.6 Å². The topological polar surface area (TPSA) is 144 Å². The number of halogens is 2. The summed E-state index contributed by atoms with van der Waals surface area (Å²) in [6.07, 6.45) is 0.794. The monoisotopic (exact) mass is 721 g/mol. The van der Waals surface area contributed by atoms with Crippen LogP contribution >= 0.6 is 0 Å². The number of piperidine rings is 1. The molecule has 7 rings (SSSR count). The predicted octanol–water partition coefficient (Wildman–Crippen LogP) is 0.124. The van der Waals surface area contributed by atoms with E-state index in [1.807, 2.05) is 31.3 Å². The van der Waals surface area contributed by atoms with Crippen LogP contribution in [0.2, 0.25) is 0 Å². The number of anilines is 1. The fourth-order valence-electron chi connectivity index (χ4n) is 6.21. The normalized spacial score (nSPS) is 18.0. The number of imide groups is 2. The molecule has 4 aromatic rings. The standard InChI is InChI=1S/C32H27FIN6O5/c1-39(34-38-22-4-2-3-20-27(22)32(45)40(31(20)44)24-9-10-25(41)37-30(24)43)15-16-5-7-17(8-6-16)28-19-11-12-35-29(42)21-13-18(33)14-23(36-28)26(19)21/h2-8,13-14,24,36,38H,9-12,15H2,1H3,(H,35,42)(H,37,41,43)/q-1. The van der Waals surface area contributed by atoms with Crippen LogP contribution in [0.3, 0.4) is 0 Å². The molecule has 0 bridgehead atoms. The summed E-state index contributed by atoms with van der Waals surface area (Å²) >= 11 is -0.814. The first-order valence-electron chi connectivity index (χ1n) is 14.4. The van der Waals surface area contributed by atoms with Gasteiger partial charge in [0.05, 0.1) is 0 Å². The average molecular weight is 722 g/mol. The molecule has 1 atom stereocenters. The summed E-state index contributed by atoms with van der Waals surface area (Å²) in [4.78, 5) is 67.3. The molecule has 230 valence electrons. The minimum atomic E-state index is -1.02. The second-order valence-corrected chi connectivity index (χ2v) is 13.8. The summed E-state index contributed by atoms with van der Waals surface area (Å²) in [7, 11) is 1.96. The zero-order valence-corrected chi connectivity index (χ0v) is 26.2. The van der Waals surface area contributed by atoms with E-state index in [0.717, 1.165) is 32.7 Å². The maximum atomic E-state index is 14.3. The van der Waals surface area contributed by atoms with Crippen molar-refractivity contribution in [2.24, 2.45) is 0 Å². The van der Waals surface area contributed by atoms with Gasteiger partial charge in [0.25, 0.3) is 0 Å². The quantitative estimate of drug-likeness (QED) is 0.121. The second-order valence-electron chi connectivity index (χ2n) is 11.2. The molecule has 5 amide bonds. The second kappa shape index (κ2) is 11.4. The predicted molar refractivity (Wildman–Crippen MR) is 158 cm³/mol. The molecule has 0 saturated carbocycles. The van der Waals surface area contributed by atoms with Crippen LogP contribution in [-0.4, -0.2) is 62.2 Å². The molecule has 4 heterocycles. The first-order chi connectivity index (χ1) is 21.7. The maximum absolute atomic E-state index is 14.3. The number of hydrogen-bond acceptors (Lipinski definition) is 7. The van der Waals surface area contributed by atoms with E-state index in [-0.39, 0.29) is 29.9 Å². The SMILES string of the molecule is CN(Cc1ccc(-c2[nH]c3cc(F)cc4c3c2CCNC4=O)cc1)[I-]Nc1cccc2c1C(=O)N(C1CCC(=O)NC1=O)C2=O. The zero-order valence-electron chi connectivity index (χ0n) is 24.0. The van der Waals surface area contributed by atoms with Gasteiger partial charge in [0, 0.05) is 0 Å². The van der Waals surface area contributed by atoms with Crippen LogP contribution in [0.25, 0.3) is 22.2 Å². The van der Waals surface area contributed by atoms with E-state index in [0.29, 0.717) is 36.3 Å². The van der Waals surface area contributed by atoms with E-state index in [2.05, 4.69) is 22.3 Å². The van der Waals surface area contributed by atoms with Crippen LogP contribution < -0.4 is 35.9 Å². The third kappa shape index (κ3) is 5.15. The molecule has 0 radical (unpaired) electrons. The van der Waals surface area contributed by atoms with Crippen molar-refractivity contribution in [2.45, 2.75) is 31.8 Å². The van der Waals surface area contributed by atoms with Crippen LogP contribution in [0.5, 0.6) is 0 Å². The molecular formula is C32H27FIN6O5-. The van der Waals surface area contributed by atoms with Gasteiger partial charge in [-0.3, -0.25) is 0 Å². The molecule has 13 heteroatoms. The van der Waals surface area contributed by atoms with Gasteiger partial charge in [0.15, 0.2) is 0 Å². The van der Waals surface area contributed by atoms with E-state index in [1.54, 1.807) is 18.2 Å². The van der Waals surface area contributed by atoms with Crippen molar-refractivity contribution in [2.75, 3.05) is 17.1 Å². The number of rotatable bonds is 7. The van der Waals surface area contributed by atoms with E-state index in [4.69, 9.17) is 0 Å². The molecule has 0 aliphatic carbocycles. The molecule has 3 aliphatic rings. The number of nitrogens with one attached hydrogen (secondary N) is 4. The fraction of sp³-hybridized carbons (Fsp3) is 0.219. The summed E-state index contributed by atoms with van der Waals surface area (Å²) in [5.74, 6) is -2.88. The van der Waals surface area contributed by atoms with Gasteiger partial charge in [0.2, 0.25) is 0 Å². The van der Waals surface area contributed by atoms with Crippen LogP contribution in [0.1, 0.15) is 55.0 Å². The number of benzene rings is 3. The summed E-state index contributed by atoms with van der Waals surface area (Å²) in [5.41, 5.74) is 5.78. The molecule has 45 heavy (non-hydrogen) atoms. The molecule has 1 fully saturated rings. The van der Waals surface area contributed by atoms with Gasteiger partial charge in [-0.05, 0) is 0 Å². The number of carbonyl (C=O) groups is 5. The molecular weight excluding hydrogens is 694 g/mol. The van der Waals surface area contributed by atoms with Gasteiger partial charge in [-0.1, -0.05) is 0 Å². The number of fused-ring (bicyclic) bond motifs is 1. The number of aromatic amines is 1. The van der Waals surface area contributed by atoms with Gasteiger partial charge in [-0.15, -0.1) is 0 Å². The average Bonchev–Trinajstić information content (AvgIpc) is 3.43. The number of nitrogens with zero attached hydrogens (tertiary/aromatic N) is 2. The van der Waals surface area contributed by atoms with Crippen LogP contribution in [-0.2, 0) is 22.6 Å². The molecule has 3 aromatic carbocycles. The van der Waals surface area contributed by atoms with E-state index >= 15 is 0 Å². The third-order valence-corrected chi connectivity index (χ3v) is 10.3. The van der Waals surface area contributed by atoms with Gasteiger partial charge in [-0.2, -0.15) is 0 Å². The molecule has 3 aliphatic heterocycles. The Labute approximate surface area is 267 Å².